The van der Waals surface area contributed by atoms with Crippen LogP contribution in [0.1, 0.15) is 55.0 Å². The predicted octanol–water partition coefficient (Wildman–Crippen LogP) is 4.21. The number of hydrogen-bond donors (Lipinski definition) is 2. The molecule has 36 heavy (non-hydrogen) atoms. The minimum Gasteiger partial charge on any atom is -0.349 e. The third kappa shape index (κ3) is 2.85. The third-order valence-corrected chi connectivity index (χ3v) is 9.21. The second-order valence-corrected chi connectivity index (χ2v) is 11.1. The molecule has 4 aliphatic rings. The number of H-pyrrole nitrogens is 1. The standard InChI is InChI=1S/C28H30N8/c29-25-20-6-2-1-5-17(20)13-28(25)14-18-9-10-19(15-28)36(18)23-16-31-24-26(32-23)33-34-27(24)35-12-4-7-21-22(35)8-3-11-30-21/h1-3,5-6,8,11,16,18-19,25H,4,7,9-10,12-15,29H2,(H,32,33,34)/t18-,19?,25-,28?/m1/s1. The Morgan fingerprint density at radius 1 is 1.03 bits per heavy atom. The van der Waals surface area contributed by atoms with Crippen LogP contribution >= 0.6 is 0 Å². The Morgan fingerprint density at radius 2 is 1.89 bits per heavy atom. The minimum atomic E-state index is 0.129. The number of fused-ring (bicyclic) bond motifs is 5. The number of nitrogens with zero attached hydrogens (tertiary/aromatic N) is 6. The molecule has 0 saturated carbocycles. The molecule has 0 radical (unpaired) electrons. The lowest BCUT2D eigenvalue weighted by atomic mass is 9.70. The van der Waals surface area contributed by atoms with Crippen molar-refractivity contribution in [1.82, 2.24) is 25.1 Å². The van der Waals surface area contributed by atoms with Crippen molar-refractivity contribution in [2.75, 3.05) is 16.3 Å². The number of nitrogens with one attached hydrogen (secondary N) is 1. The van der Waals surface area contributed by atoms with E-state index in [9.17, 15) is 0 Å². The molecule has 4 aromatic rings. The molecule has 8 heteroatoms. The lowest BCUT2D eigenvalue weighted by Crippen LogP contribution is -2.51. The van der Waals surface area contributed by atoms with Gasteiger partial charge in [-0.2, -0.15) is 5.10 Å². The van der Waals surface area contributed by atoms with Crippen LogP contribution in [0.3, 0.4) is 0 Å². The van der Waals surface area contributed by atoms with Crippen LogP contribution < -0.4 is 15.5 Å². The molecule has 6 heterocycles. The number of piperidine rings is 1. The first-order valence-electron chi connectivity index (χ1n) is 13.2. The molecule has 182 valence electrons. The van der Waals surface area contributed by atoms with E-state index in [1.807, 2.05) is 18.5 Å². The summed E-state index contributed by atoms with van der Waals surface area (Å²) in [5.74, 6) is 1.80. The second kappa shape index (κ2) is 7.49. The van der Waals surface area contributed by atoms with Crippen LogP contribution in [-0.2, 0) is 12.8 Å². The number of pyridine rings is 1. The average Bonchev–Trinajstić information content (AvgIpc) is 3.54. The maximum atomic E-state index is 6.91. The van der Waals surface area contributed by atoms with E-state index in [0.717, 1.165) is 72.8 Å². The van der Waals surface area contributed by atoms with Gasteiger partial charge in [-0.05, 0) is 73.6 Å². The van der Waals surface area contributed by atoms with Gasteiger partial charge in [0.1, 0.15) is 5.82 Å². The zero-order chi connectivity index (χ0) is 23.9. The molecule has 8 rings (SSSR count). The van der Waals surface area contributed by atoms with E-state index in [-0.39, 0.29) is 11.5 Å². The van der Waals surface area contributed by atoms with Gasteiger partial charge in [-0.1, -0.05) is 24.3 Å². The summed E-state index contributed by atoms with van der Waals surface area (Å²) in [6, 6.07) is 13.9. The number of hydrogen-bond acceptors (Lipinski definition) is 7. The van der Waals surface area contributed by atoms with Gasteiger partial charge in [0, 0.05) is 30.9 Å². The molecular weight excluding hydrogens is 448 g/mol. The van der Waals surface area contributed by atoms with Gasteiger partial charge in [0.15, 0.2) is 17.0 Å². The van der Waals surface area contributed by atoms with E-state index in [4.69, 9.17) is 15.7 Å². The molecule has 0 amide bonds. The van der Waals surface area contributed by atoms with Crippen LogP contribution in [0, 0.1) is 5.41 Å². The Balaban J connectivity index is 1.10. The van der Waals surface area contributed by atoms with Crippen molar-refractivity contribution >= 4 is 28.5 Å². The molecule has 3 N–H and O–H groups in total. The molecule has 2 unspecified atom stereocenters. The summed E-state index contributed by atoms with van der Waals surface area (Å²) in [7, 11) is 0. The highest BCUT2D eigenvalue weighted by Crippen LogP contribution is 2.57. The van der Waals surface area contributed by atoms with Crippen LogP contribution in [0.4, 0.5) is 17.3 Å². The van der Waals surface area contributed by atoms with E-state index in [1.165, 1.54) is 24.0 Å². The second-order valence-electron chi connectivity index (χ2n) is 11.1. The summed E-state index contributed by atoms with van der Waals surface area (Å²) in [4.78, 5) is 19.3. The van der Waals surface area contributed by atoms with Gasteiger partial charge in [-0.15, -0.1) is 0 Å². The predicted molar refractivity (Wildman–Crippen MR) is 139 cm³/mol. The fourth-order valence-electron chi connectivity index (χ4n) is 7.68. The van der Waals surface area contributed by atoms with E-state index >= 15 is 0 Å². The third-order valence-electron chi connectivity index (χ3n) is 9.21. The first-order chi connectivity index (χ1) is 17.7. The first kappa shape index (κ1) is 20.7. The minimum absolute atomic E-state index is 0.129. The lowest BCUT2D eigenvalue weighted by molar-refractivity contribution is 0.155. The number of aryl methyl sites for hydroxylation is 1. The highest BCUT2D eigenvalue weighted by Gasteiger charge is 2.54. The van der Waals surface area contributed by atoms with Crippen LogP contribution in [0.15, 0.2) is 48.8 Å². The van der Waals surface area contributed by atoms with Crippen molar-refractivity contribution in [2.45, 2.75) is 63.1 Å². The molecule has 8 nitrogen and oxygen atoms in total. The maximum Gasteiger partial charge on any atom is 0.183 e. The lowest BCUT2D eigenvalue weighted by Gasteiger charge is -2.47. The quantitative estimate of drug-likeness (QED) is 0.445. The number of benzene rings is 1. The maximum absolute atomic E-state index is 6.91. The molecule has 1 aromatic carbocycles. The fourth-order valence-corrected chi connectivity index (χ4v) is 7.68. The molecule has 4 atom stereocenters. The van der Waals surface area contributed by atoms with Gasteiger partial charge < -0.3 is 15.5 Å². The van der Waals surface area contributed by atoms with E-state index in [1.54, 1.807) is 0 Å². The van der Waals surface area contributed by atoms with E-state index < -0.39 is 0 Å². The molecule has 3 aromatic heterocycles. The van der Waals surface area contributed by atoms with Crippen molar-refractivity contribution in [3.63, 3.8) is 0 Å². The van der Waals surface area contributed by atoms with Crippen molar-refractivity contribution < 1.29 is 0 Å². The van der Waals surface area contributed by atoms with E-state index in [0.29, 0.717) is 12.1 Å². The van der Waals surface area contributed by atoms with Gasteiger partial charge in [-0.3, -0.25) is 10.1 Å². The summed E-state index contributed by atoms with van der Waals surface area (Å²) < 4.78 is 0. The van der Waals surface area contributed by atoms with Gasteiger partial charge in [0.05, 0.1) is 17.6 Å². The fraction of sp³-hybridized carbons (Fsp3) is 0.429. The number of anilines is 3. The topological polar surface area (TPSA) is 99.9 Å². The van der Waals surface area contributed by atoms with Crippen molar-refractivity contribution in [3.8, 4) is 0 Å². The van der Waals surface area contributed by atoms with Crippen molar-refractivity contribution in [2.24, 2.45) is 11.1 Å². The zero-order valence-electron chi connectivity index (χ0n) is 20.3. The number of rotatable bonds is 2. The Morgan fingerprint density at radius 3 is 2.75 bits per heavy atom. The van der Waals surface area contributed by atoms with Crippen LogP contribution in [-0.4, -0.2) is 43.8 Å². The largest absolute Gasteiger partial charge is 0.349 e. The zero-order valence-corrected chi connectivity index (χ0v) is 20.3. The monoisotopic (exact) mass is 478 g/mol. The Labute approximate surface area is 209 Å². The SMILES string of the molecule is N[C@@H]1c2ccccc2CC12CC1CC[C@H](C2)N1c1cnc2c(N3CCCc4ncccc43)n[nH]c2n1. The number of aromatic nitrogens is 5. The Kier molecular flexibility index (Phi) is 4.30. The highest BCUT2D eigenvalue weighted by atomic mass is 15.3. The average molecular weight is 479 g/mol. The van der Waals surface area contributed by atoms with Crippen LogP contribution in [0.2, 0.25) is 0 Å². The molecule has 1 spiro atoms. The van der Waals surface area contributed by atoms with Crippen LogP contribution in [0.25, 0.3) is 11.2 Å². The smallest absolute Gasteiger partial charge is 0.183 e. The molecule has 2 fully saturated rings. The molecular formula is C28H30N8. The van der Waals surface area contributed by atoms with Crippen molar-refractivity contribution in [1.29, 1.82) is 0 Å². The van der Waals surface area contributed by atoms with Gasteiger partial charge >= 0.3 is 0 Å². The highest BCUT2D eigenvalue weighted by molar-refractivity contribution is 5.87. The van der Waals surface area contributed by atoms with Gasteiger partial charge in [-0.25, -0.2) is 9.97 Å². The van der Waals surface area contributed by atoms with Crippen molar-refractivity contribution in [3.05, 3.63) is 65.6 Å². The molecule has 2 saturated heterocycles. The first-order valence-corrected chi connectivity index (χ1v) is 13.2. The number of aromatic amines is 1. The molecule has 2 bridgehead atoms. The summed E-state index contributed by atoms with van der Waals surface area (Å²) in [6.07, 6.45) is 11.6. The van der Waals surface area contributed by atoms with E-state index in [2.05, 4.69) is 55.3 Å². The van der Waals surface area contributed by atoms with Gasteiger partial charge in [0.25, 0.3) is 0 Å². The number of nitrogens with two attached hydrogens (primary N) is 1. The summed E-state index contributed by atoms with van der Waals surface area (Å²) in [6.45, 7) is 0.906. The normalized spacial score (nSPS) is 28.6. The summed E-state index contributed by atoms with van der Waals surface area (Å²) >= 11 is 0. The van der Waals surface area contributed by atoms with Gasteiger partial charge in [0.2, 0.25) is 0 Å². The summed E-state index contributed by atoms with van der Waals surface area (Å²) in [5.41, 5.74) is 13.7. The summed E-state index contributed by atoms with van der Waals surface area (Å²) in [5, 5.41) is 7.84. The Hall–Kier alpha value is -3.52. The molecule has 3 aliphatic heterocycles. The Bertz CT molecular complexity index is 1460. The molecule has 1 aliphatic carbocycles. The van der Waals surface area contributed by atoms with Crippen LogP contribution in [0.5, 0.6) is 0 Å².